The summed E-state index contributed by atoms with van der Waals surface area (Å²) in [5.74, 6) is 4.63. The minimum Gasteiger partial charge on any atom is -0.464 e. The van der Waals surface area contributed by atoms with Crippen LogP contribution in [0, 0.1) is 17.7 Å². The van der Waals surface area contributed by atoms with Gasteiger partial charge >= 0.3 is 5.97 Å². The molecule has 0 fully saturated rings. The van der Waals surface area contributed by atoms with Crippen molar-refractivity contribution < 1.29 is 28.3 Å². The molecule has 0 saturated heterocycles. The van der Waals surface area contributed by atoms with Gasteiger partial charge in [0.05, 0.1) is 13.7 Å². The van der Waals surface area contributed by atoms with E-state index in [0.29, 0.717) is 27.4 Å². The fraction of sp³-hybridized carbons (Fsp3) is 0.227. The monoisotopic (exact) mass is 446 g/mol. The Balaban J connectivity index is 2.26. The lowest BCUT2D eigenvalue weighted by molar-refractivity contribution is -0.132. The number of ether oxygens (including phenoxy) is 2. The van der Waals surface area contributed by atoms with Crippen LogP contribution in [0.4, 0.5) is 4.39 Å². The predicted molar refractivity (Wildman–Crippen MR) is 114 cm³/mol. The second kappa shape index (κ2) is 12.3. The van der Waals surface area contributed by atoms with Gasteiger partial charge in [-0.05, 0) is 36.3 Å². The van der Waals surface area contributed by atoms with Crippen molar-refractivity contribution in [2.24, 2.45) is 10.3 Å². The first-order valence-electron chi connectivity index (χ1n) is 8.92. The first-order valence-corrected chi connectivity index (χ1v) is 9.30. The van der Waals surface area contributed by atoms with Crippen LogP contribution in [0.3, 0.4) is 0 Å². The maximum Gasteiger partial charge on any atom is 0.360 e. The van der Waals surface area contributed by atoms with E-state index in [9.17, 15) is 9.18 Å². The molecule has 0 radical (unpaired) electrons. The third kappa shape index (κ3) is 7.10. The van der Waals surface area contributed by atoms with Crippen molar-refractivity contribution in [2.45, 2.75) is 6.61 Å². The van der Waals surface area contributed by atoms with Gasteiger partial charge in [0.2, 0.25) is 0 Å². The molecule has 0 bridgehead atoms. The summed E-state index contributed by atoms with van der Waals surface area (Å²) in [6.07, 6.45) is 0. The highest BCUT2D eigenvalue weighted by molar-refractivity contribution is 6.44. The summed E-state index contributed by atoms with van der Waals surface area (Å²) in [7, 11) is 4.03. The summed E-state index contributed by atoms with van der Waals surface area (Å²) >= 11 is 6.29. The summed E-state index contributed by atoms with van der Waals surface area (Å²) in [4.78, 5) is 22.2. The van der Waals surface area contributed by atoms with Gasteiger partial charge in [-0.25, -0.2) is 9.18 Å². The van der Waals surface area contributed by atoms with E-state index in [1.165, 1.54) is 33.5 Å². The van der Waals surface area contributed by atoms with E-state index in [1.54, 1.807) is 30.3 Å². The Morgan fingerprint density at radius 3 is 2.48 bits per heavy atom. The van der Waals surface area contributed by atoms with Gasteiger partial charge in [-0.3, -0.25) is 0 Å². The molecule has 0 aromatic heterocycles. The molecule has 0 unspecified atom stereocenters. The normalized spacial score (nSPS) is 11.4. The fourth-order valence-corrected chi connectivity index (χ4v) is 2.61. The molecule has 0 atom stereocenters. The first-order chi connectivity index (χ1) is 15.0. The van der Waals surface area contributed by atoms with Gasteiger partial charge in [0.15, 0.2) is 11.4 Å². The fourth-order valence-electron chi connectivity index (χ4n) is 2.39. The van der Waals surface area contributed by atoms with Crippen molar-refractivity contribution in [1.29, 1.82) is 0 Å². The average Bonchev–Trinajstić information content (AvgIpc) is 2.77. The molecule has 0 aliphatic carbocycles. The molecule has 0 N–H and O–H groups in total. The highest BCUT2D eigenvalue weighted by Crippen LogP contribution is 2.22. The van der Waals surface area contributed by atoms with Gasteiger partial charge in [-0.15, -0.1) is 0 Å². The van der Waals surface area contributed by atoms with E-state index in [-0.39, 0.29) is 24.7 Å². The Bertz CT molecular complexity index is 1030. The minimum atomic E-state index is -0.695. The van der Waals surface area contributed by atoms with Crippen LogP contribution in [0.25, 0.3) is 0 Å². The standard InChI is InChI=1S/C22H20ClFN2O5/c1-28-13-17(12-9-15-7-10-16(24)11-8-15)25-31-14-19-18(5-4-6-20(19)23)21(26-30-3)22(27)29-2/h4-8,10-11H,13-14H2,1-3H3/b25-17-,26-21+. The maximum absolute atomic E-state index is 13.0. The van der Waals surface area contributed by atoms with E-state index < -0.39 is 5.97 Å². The summed E-state index contributed by atoms with van der Waals surface area (Å²) in [6.45, 7) is 0.0162. The van der Waals surface area contributed by atoms with Crippen LogP contribution < -0.4 is 0 Å². The molecule has 9 heteroatoms. The molecule has 2 rings (SSSR count). The van der Waals surface area contributed by atoms with Crippen LogP contribution in [-0.4, -0.2) is 45.3 Å². The lowest BCUT2D eigenvalue weighted by Gasteiger charge is -2.11. The minimum absolute atomic E-state index is 0.0664. The topological polar surface area (TPSA) is 78.7 Å². The largest absolute Gasteiger partial charge is 0.464 e. The zero-order valence-corrected chi connectivity index (χ0v) is 17.9. The molecule has 0 spiro atoms. The molecule has 0 amide bonds. The molecule has 2 aromatic carbocycles. The molecule has 162 valence electrons. The highest BCUT2D eigenvalue weighted by atomic mass is 35.5. The number of hydrogen-bond donors (Lipinski definition) is 0. The van der Waals surface area contributed by atoms with E-state index in [4.69, 9.17) is 30.7 Å². The number of oxime groups is 2. The summed E-state index contributed by atoms with van der Waals surface area (Å²) < 4.78 is 22.8. The average molecular weight is 447 g/mol. The van der Waals surface area contributed by atoms with Crippen molar-refractivity contribution in [3.05, 3.63) is 70.0 Å². The van der Waals surface area contributed by atoms with Crippen LogP contribution in [0.15, 0.2) is 52.8 Å². The zero-order valence-electron chi connectivity index (χ0n) is 17.1. The second-order valence-electron chi connectivity index (χ2n) is 5.88. The van der Waals surface area contributed by atoms with Crippen molar-refractivity contribution in [3.8, 4) is 11.8 Å². The van der Waals surface area contributed by atoms with Gasteiger partial charge in [-0.2, -0.15) is 0 Å². The van der Waals surface area contributed by atoms with Crippen molar-refractivity contribution in [2.75, 3.05) is 27.9 Å². The SMILES string of the molecule is COC/C(C#Cc1ccc(F)cc1)=N\OCc1c(Cl)cccc1/C(=N\OC)C(=O)OC. The number of nitrogens with zero attached hydrogens (tertiary/aromatic N) is 2. The van der Waals surface area contributed by atoms with Gasteiger partial charge < -0.3 is 19.1 Å². The molecule has 31 heavy (non-hydrogen) atoms. The lowest BCUT2D eigenvalue weighted by Crippen LogP contribution is -2.19. The Hall–Kier alpha value is -3.41. The van der Waals surface area contributed by atoms with Crippen LogP contribution >= 0.6 is 11.6 Å². The quantitative estimate of drug-likeness (QED) is 0.268. The lowest BCUT2D eigenvalue weighted by atomic mass is 10.0. The van der Waals surface area contributed by atoms with E-state index in [1.807, 2.05) is 0 Å². The molecule has 7 nitrogen and oxygen atoms in total. The molecule has 0 heterocycles. The highest BCUT2D eigenvalue weighted by Gasteiger charge is 2.21. The maximum atomic E-state index is 13.0. The number of carbonyl (C=O) groups excluding carboxylic acids is 1. The number of carbonyl (C=O) groups is 1. The smallest absolute Gasteiger partial charge is 0.360 e. The Morgan fingerprint density at radius 1 is 1.10 bits per heavy atom. The van der Waals surface area contributed by atoms with E-state index >= 15 is 0 Å². The number of esters is 1. The molecular weight excluding hydrogens is 427 g/mol. The van der Waals surface area contributed by atoms with Crippen LogP contribution in [0.1, 0.15) is 16.7 Å². The summed E-state index contributed by atoms with van der Waals surface area (Å²) in [5.41, 5.74) is 1.68. The zero-order chi connectivity index (χ0) is 22.6. The third-order valence-electron chi connectivity index (χ3n) is 3.80. The Morgan fingerprint density at radius 2 is 1.84 bits per heavy atom. The predicted octanol–water partition coefficient (Wildman–Crippen LogP) is 3.57. The number of rotatable bonds is 8. The number of hydrogen-bond acceptors (Lipinski definition) is 7. The van der Waals surface area contributed by atoms with Gasteiger partial charge in [0, 0.05) is 28.8 Å². The first kappa shape index (κ1) is 23.9. The Kier molecular flexibility index (Phi) is 9.49. The summed E-state index contributed by atoms with van der Waals surface area (Å²) in [5, 5.41) is 8.06. The number of methoxy groups -OCH3 is 2. The van der Waals surface area contributed by atoms with Crippen molar-refractivity contribution in [3.63, 3.8) is 0 Å². The van der Waals surface area contributed by atoms with Crippen LogP contribution in [-0.2, 0) is 30.6 Å². The van der Waals surface area contributed by atoms with Gasteiger partial charge in [0.25, 0.3) is 0 Å². The van der Waals surface area contributed by atoms with E-state index in [0.717, 1.165) is 0 Å². The summed E-state index contributed by atoms with van der Waals surface area (Å²) in [6, 6.07) is 10.6. The number of halogens is 2. The van der Waals surface area contributed by atoms with Crippen molar-refractivity contribution >= 4 is 29.0 Å². The molecule has 2 aromatic rings. The van der Waals surface area contributed by atoms with E-state index in [2.05, 4.69) is 22.2 Å². The van der Waals surface area contributed by atoms with Gasteiger partial charge in [0.1, 0.15) is 19.5 Å². The van der Waals surface area contributed by atoms with Crippen LogP contribution in [0.5, 0.6) is 0 Å². The van der Waals surface area contributed by atoms with Crippen molar-refractivity contribution in [1.82, 2.24) is 0 Å². The van der Waals surface area contributed by atoms with Gasteiger partial charge in [-0.1, -0.05) is 40.0 Å². The molecular formula is C22H20ClFN2O5. The molecule has 0 saturated carbocycles. The molecule has 0 aliphatic heterocycles. The second-order valence-corrected chi connectivity index (χ2v) is 6.29. The molecule has 0 aliphatic rings. The Labute approximate surface area is 184 Å². The number of benzene rings is 2. The van der Waals surface area contributed by atoms with Crippen LogP contribution in [0.2, 0.25) is 5.02 Å². The third-order valence-corrected chi connectivity index (χ3v) is 4.15.